The Bertz CT molecular complexity index is 385. The molecule has 106 valence electrons. The highest BCUT2D eigenvalue weighted by Crippen LogP contribution is 2.24. The zero-order valence-corrected chi connectivity index (χ0v) is 12.2. The fourth-order valence-corrected chi connectivity index (χ4v) is 2.04. The highest BCUT2D eigenvalue weighted by atomic mass is 16.3. The third-order valence-corrected chi connectivity index (χ3v) is 4.08. The van der Waals surface area contributed by atoms with Crippen molar-refractivity contribution in [3.63, 3.8) is 0 Å². The first-order chi connectivity index (χ1) is 9.10. The highest BCUT2D eigenvalue weighted by Gasteiger charge is 2.25. The van der Waals surface area contributed by atoms with E-state index in [1.807, 2.05) is 38.1 Å². The summed E-state index contributed by atoms with van der Waals surface area (Å²) in [5.74, 6) is -0.0672. The van der Waals surface area contributed by atoms with E-state index in [0.29, 0.717) is 12.1 Å². The van der Waals surface area contributed by atoms with Crippen LogP contribution in [0.2, 0.25) is 0 Å². The number of aryl methyl sites for hydroxylation is 1. The molecule has 3 heteroatoms. The number of carbonyl (C=O) groups excluding carboxylic acids is 1. The van der Waals surface area contributed by atoms with Crippen LogP contribution in [0.5, 0.6) is 0 Å². The monoisotopic (exact) mass is 263 g/mol. The molecule has 1 aromatic rings. The van der Waals surface area contributed by atoms with Crippen LogP contribution in [0, 0.1) is 5.41 Å². The number of hydrogen-bond donors (Lipinski definition) is 2. The van der Waals surface area contributed by atoms with Crippen LogP contribution in [0.3, 0.4) is 0 Å². The lowest BCUT2D eigenvalue weighted by atomic mass is 9.83. The second-order valence-corrected chi connectivity index (χ2v) is 5.10. The van der Waals surface area contributed by atoms with Gasteiger partial charge in [-0.2, -0.15) is 0 Å². The minimum atomic E-state index is -0.195. The minimum Gasteiger partial charge on any atom is -0.396 e. The third kappa shape index (κ3) is 4.06. The molecule has 0 spiro atoms. The van der Waals surface area contributed by atoms with Gasteiger partial charge in [0.2, 0.25) is 0 Å². The summed E-state index contributed by atoms with van der Waals surface area (Å²) in [6.07, 6.45) is 2.69. The Morgan fingerprint density at radius 2 is 1.74 bits per heavy atom. The van der Waals surface area contributed by atoms with E-state index in [1.165, 1.54) is 5.56 Å². The summed E-state index contributed by atoms with van der Waals surface area (Å²) < 4.78 is 0. The van der Waals surface area contributed by atoms with Crippen LogP contribution in [0.1, 0.15) is 49.5 Å². The van der Waals surface area contributed by atoms with Gasteiger partial charge in [0.05, 0.1) is 6.61 Å². The summed E-state index contributed by atoms with van der Waals surface area (Å²) in [5.41, 5.74) is 1.71. The van der Waals surface area contributed by atoms with Gasteiger partial charge >= 0.3 is 0 Å². The number of aliphatic hydroxyl groups excluding tert-OH is 1. The van der Waals surface area contributed by atoms with Crippen molar-refractivity contribution in [2.75, 3.05) is 13.2 Å². The van der Waals surface area contributed by atoms with Gasteiger partial charge in [0.15, 0.2) is 0 Å². The molecular weight excluding hydrogens is 238 g/mol. The average molecular weight is 263 g/mol. The summed E-state index contributed by atoms with van der Waals surface area (Å²) in [4.78, 5) is 12.0. The van der Waals surface area contributed by atoms with Crippen molar-refractivity contribution in [3.05, 3.63) is 35.4 Å². The van der Waals surface area contributed by atoms with Gasteiger partial charge in [-0.15, -0.1) is 0 Å². The van der Waals surface area contributed by atoms with Crippen molar-refractivity contribution in [1.82, 2.24) is 5.32 Å². The van der Waals surface area contributed by atoms with Gasteiger partial charge in [0.1, 0.15) is 0 Å². The first-order valence-corrected chi connectivity index (χ1v) is 7.08. The molecule has 0 aliphatic carbocycles. The van der Waals surface area contributed by atoms with Gasteiger partial charge in [0, 0.05) is 17.5 Å². The fourth-order valence-electron chi connectivity index (χ4n) is 2.04. The molecule has 1 aromatic carbocycles. The number of nitrogens with one attached hydrogen (secondary N) is 1. The normalized spacial score (nSPS) is 11.4. The van der Waals surface area contributed by atoms with Crippen LogP contribution in [0.25, 0.3) is 0 Å². The smallest absolute Gasteiger partial charge is 0.251 e. The van der Waals surface area contributed by atoms with Gasteiger partial charge in [-0.25, -0.2) is 0 Å². The first kappa shape index (κ1) is 15.7. The molecule has 19 heavy (non-hydrogen) atoms. The second kappa shape index (κ2) is 7.29. The lowest BCUT2D eigenvalue weighted by Gasteiger charge is -2.29. The van der Waals surface area contributed by atoms with Crippen molar-refractivity contribution in [3.8, 4) is 0 Å². The van der Waals surface area contributed by atoms with E-state index in [2.05, 4.69) is 12.2 Å². The van der Waals surface area contributed by atoms with Crippen molar-refractivity contribution in [2.45, 2.75) is 40.0 Å². The summed E-state index contributed by atoms with van der Waals surface area (Å²) in [7, 11) is 0. The van der Waals surface area contributed by atoms with Crippen LogP contribution in [-0.2, 0) is 6.42 Å². The van der Waals surface area contributed by atoms with Crippen molar-refractivity contribution >= 4 is 5.91 Å². The Labute approximate surface area is 116 Å². The van der Waals surface area contributed by atoms with Crippen LogP contribution < -0.4 is 5.32 Å². The Balaban J connectivity index is 2.63. The zero-order valence-electron chi connectivity index (χ0n) is 12.2. The van der Waals surface area contributed by atoms with Gasteiger partial charge in [-0.3, -0.25) is 4.79 Å². The summed E-state index contributed by atoms with van der Waals surface area (Å²) >= 11 is 0. The summed E-state index contributed by atoms with van der Waals surface area (Å²) in [5, 5.41) is 12.4. The van der Waals surface area contributed by atoms with Crippen LogP contribution in [0.15, 0.2) is 24.3 Å². The van der Waals surface area contributed by atoms with Crippen LogP contribution in [-0.4, -0.2) is 24.2 Å². The van der Waals surface area contributed by atoms with E-state index in [0.717, 1.165) is 19.3 Å². The lowest BCUT2D eigenvalue weighted by molar-refractivity contribution is 0.0851. The molecule has 0 bridgehead atoms. The maximum atomic E-state index is 12.0. The Morgan fingerprint density at radius 1 is 1.16 bits per heavy atom. The largest absolute Gasteiger partial charge is 0.396 e. The lowest BCUT2D eigenvalue weighted by Crippen LogP contribution is -2.39. The molecule has 3 nitrogen and oxygen atoms in total. The number of aliphatic hydroxyl groups is 1. The number of amides is 1. The molecule has 0 aromatic heterocycles. The van der Waals surface area contributed by atoms with E-state index in [4.69, 9.17) is 0 Å². The average Bonchev–Trinajstić information content (AvgIpc) is 2.49. The van der Waals surface area contributed by atoms with E-state index >= 15 is 0 Å². The SMILES string of the molecule is CCc1ccc(C(=O)NCC(CC)(CC)CO)cc1. The number of carbonyl (C=O) groups is 1. The molecule has 2 N–H and O–H groups in total. The topological polar surface area (TPSA) is 49.3 Å². The number of hydrogen-bond acceptors (Lipinski definition) is 2. The maximum Gasteiger partial charge on any atom is 0.251 e. The second-order valence-electron chi connectivity index (χ2n) is 5.10. The predicted octanol–water partition coefficient (Wildman–Crippen LogP) is 2.78. The van der Waals surface area contributed by atoms with Gasteiger partial charge in [0.25, 0.3) is 5.91 Å². The molecular formula is C16H25NO2. The Hall–Kier alpha value is -1.35. The summed E-state index contributed by atoms with van der Waals surface area (Å²) in [6, 6.07) is 7.67. The molecule has 0 heterocycles. The highest BCUT2D eigenvalue weighted by molar-refractivity contribution is 5.94. The van der Waals surface area contributed by atoms with E-state index in [9.17, 15) is 9.90 Å². The molecule has 0 saturated heterocycles. The molecule has 0 radical (unpaired) electrons. The Morgan fingerprint density at radius 3 is 2.16 bits per heavy atom. The molecule has 0 unspecified atom stereocenters. The van der Waals surface area contributed by atoms with Crippen LogP contribution >= 0.6 is 0 Å². The van der Waals surface area contributed by atoms with E-state index < -0.39 is 0 Å². The zero-order chi connectivity index (χ0) is 14.3. The molecule has 0 aliphatic heterocycles. The van der Waals surface area contributed by atoms with Crippen molar-refractivity contribution < 1.29 is 9.90 Å². The fraction of sp³-hybridized carbons (Fsp3) is 0.562. The maximum absolute atomic E-state index is 12.0. The predicted molar refractivity (Wildman–Crippen MR) is 78.3 cm³/mol. The molecule has 0 aliphatic rings. The molecule has 1 rings (SSSR count). The van der Waals surface area contributed by atoms with Gasteiger partial charge in [-0.05, 0) is 37.0 Å². The van der Waals surface area contributed by atoms with Crippen molar-refractivity contribution in [1.29, 1.82) is 0 Å². The molecule has 0 atom stereocenters. The van der Waals surface area contributed by atoms with Gasteiger partial charge < -0.3 is 10.4 Å². The first-order valence-electron chi connectivity index (χ1n) is 7.08. The third-order valence-electron chi connectivity index (χ3n) is 4.08. The molecule has 1 amide bonds. The minimum absolute atomic E-state index is 0.0672. The van der Waals surface area contributed by atoms with Crippen LogP contribution in [0.4, 0.5) is 0 Å². The van der Waals surface area contributed by atoms with Gasteiger partial charge in [-0.1, -0.05) is 32.9 Å². The molecule has 0 saturated carbocycles. The standard InChI is InChI=1S/C16H25NO2/c1-4-13-7-9-14(10-8-13)15(19)17-11-16(5-2,6-3)12-18/h7-10,18H,4-6,11-12H2,1-3H3,(H,17,19). The summed E-state index contributed by atoms with van der Waals surface area (Å²) in [6.45, 7) is 6.80. The van der Waals surface area contributed by atoms with E-state index in [1.54, 1.807) is 0 Å². The molecule has 0 fully saturated rings. The Kier molecular flexibility index (Phi) is 6.03. The van der Waals surface area contributed by atoms with Crippen molar-refractivity contribution in [2.24, 2.45) is 5.41 Å². The number of rotatable bonds is 7. The number of benzene rings is 1. The quantitative estimate of drug-likeness (QED) is 0.794. The van der Waals surface area contributed by atoms with E-state index in [-0.39, 0.29) is 17.9 Å².